The van der Waals surface area contributed by atoms with Crippen LogP contribution in [0, 0.1) is 24.2 Å². The summed E-state index contributed by atoms with van der Waals surface area (Å²) in [5, 5.41) is 9.98. The van der Waals surface area contributed by atoms with Crippen molar-refractivity contribution in [1.82, 2.24) is 14.5 Å². The number of carbonyl (C=O) groups is 1. The monoisotopic (exact) mass is 372 g/mol. The standard InChI is InChI=1S/C23H24N4O/c1-16-9-11-26(12-10-16)15-22(28)23-17(2)27(21-6-4-3-5-20(21)23)19-8-7-18(13-24)25-14-19/h3-8,14,16H,9-12,15H2,1-2H3. The van der Waals surface area contributed by atoms with E-state index < -0.39 is 0 Å². The van der Waals surface area contributed by atoms with E-state index >= 15 is 0 Å². The fourth-order valence-electron chi connectivity index (χ4n) is 4.14. The molecule has 3 aromatic rings. The Hall–Kier alpha value is -2.97. The zero-order chi connectivity index (χ0) is 19.7. The minimum absolute atomic E-state index is 0.170. The van der Waals surface area contributed by atoms with Gasteiger partial charge in [-0.3, -0.25) is 9.69 Å². The molecule has 1 aromatic carbocycles. The molecule has 0 aliphatic carbocycles. The maximum Gasteiger partial charge on any atom is 0.179 e. The van der Waals surface area contributed by atoms with Crippen LogP contribution in [0.25, 0.3) is 16.6 Å². The highest BCUT2D eigenvalue weighted by Crippen LogP contribution is 2.30. The first-order valence-electron chi connectivity index (χ1n) is 9.80. The molecule has 5 nitrogen and oxygen atoms in total. The molecule has 2 aromatic heterocycles. The van der Waals surface area contributed by atoms with E-state index in [2.05, 4.69) is 21.4 Å². The van der Waals surface area contributed by atoms with Gasteiger partial charge in [-0.2, -0.15) is 5.26 Å². The van der Waals surface area contributed by atoms with Crippen molar-refractivity contribution >= 4 is 16.7 Å². The van der Waals surface area contributed by atoms with Crippen LogP contribution in [0.1, 0.15) is 41.5 Å². The van der Waals surface area contributed by atoms with Gasteiger partial charge in [-0.1, -0.05) is 25.1 Å². The average molecular weight is 372 g/mol. The highest BCUT2D eigenvalue weighted by molar-refractivity contribution is 6.10. The van der Waals surface area contributed by atoms with Crippen molar-refractivity contribution in [2.24, 2.45) is 5.92 Å². The molecular weight excluding hydrogens is 348 g/mol. The van der Waals surface area contributed by atoms with Gasteiger partial charge < -0.3 is 4.57 Å². The summed E-state index contributed by atoms with van der Waals surface area (Å²) >= 11 is 0. The Morgan fingerprint density at radius 2 is 1.96 bits per heavy atom. The van der Waals surface area contributed by atoms with Gasteiger partial charge in [0.1, 0.15) is 11.8 Å². The number of rotatable bonds is 4. The Labute approximate surface area is 165 Å². The van der Waals surface area contributed by atoms with E-state index in [1.165, 1.54) is 0 Å². The Morgan fingerprint density at radius 1 is 1.21 bits per heavy atom. The molecule has 0 bridgehead atoms. The summed E-state index contributed by atoms with van der Waals surface area (Å²) in [4.78, 5) is 19.7. The predicted octanol–water partition coefficient (Wildman–Crippen LogP) is 4.12. The number of fused-ring (bicyclic) bond motifs is 1. The number of hydrogen-bond acceptors (Lipinski definition) is 4. The van der Waals surface area contributed by atoms with E-state index in [9.17, 15) is 4.79 Å². The second kappa shape index (κ2) is 7.57. The smallest absolute Gasteiger partial charge is 0.179 e. The lowest BCUT2D eigenvalue weighted by Gasteiger charge is -2.29. The lowest BCUT2D eigenvalue weighted by Crippen LogP contribution is -2.36. The molecule has 1 saturated heterocycles. The van der Waals surface area contributed by atoms with Crippen LogP contribution in [-0.4, -0.2) is 39.9 Å². The quantitative estimate of drug-likeness (QED) is 0.646. The van der Waals surface area contributed by atoms with Crippen molar-refractivity contribution in [3.05, 3.63) is 59.5 Å². The minimum atomic E-state index is 0.170. The molecule has 0 N–H and O–H groups in total. The van der Waals surface area contributed by atoms with E-state index in [0.717, 1.165) is 59.7 Å². The van der Waals surface area contributed by atoms with Gasteiger partial charge >= 0.3 is 0 Å². The Bertz CT molecular complexity index is 1050. The average Bonchev–Trinajstić information content (AvgIpc) is 3.01. The highest BCUT2D eigenvalue weighted by Gasteiger charge is 2.24. The van der Waals surface area contributed by atoms with Gasteiger partial charge in [0.05, 0.1) is 23.9 Å². The molecule has 0 unspecified atom stereocenters. The van der Waals surface area contributed by atoms with Crippen LogP contribution in [-0.2, 0) is 0 Å². The normalized spacial score (nSPS) is 15.6. The van der Waals surface area contributed by atoms with Crippen LogP contribution in [0.15, 0.2) is 42.6 Å². The third-order valence-electron chi connectivity index (χ3n) is 5.75. The molecule has 4 rings (SSSR count). The van der Waals surface area contributed by atoms with Gasteiger partial charge in [-0.05, 0) is 57.0 Å². The Morgan fingerprint density at radius 3 is 2.64 bits per heavy atom. The molecule has 1 aliphatic rings. The van der Waals surface area contributed by atoms with E-state index in [1.54, 1.807) is 12.3 Å². The summed E-state index contributed by atoms with van der Waals surface area (Å²) in [7, 11) is 0. The number of benzene rings is 1. The number of ketones is 1. The van der Waals surface area contributed by atoms with Crippen LogP contribution < -0.4 is 0 Å². The van der Waals surface area contributed by atoms with Gasteiger partial charge in [-0.15, -0.1) is 0 Å². The molecule has 3 heterocycles. The van der Waals surface area contributed by atoms with Gasteiger partial charge in [-0.25, -0.2) is 4.98 Å². The first-order valence-corrected chi connectivity index (χ1v) is 9.80. The van der Waals surface area contributed by atoms with Crippen molar-refractivity contribution in [3.8, 4) is 11.8 Å². The summed E-state index contributed by atoms with van der Waals surface area (Å²) in [6.07, 6.45) is 4.01. The second-order valence-electron chi connectivity index (χ2n) is 7.71. The summed E-state index contributed by atoms with van der Waals surface area (Å²) < 4.78 is 2.06. The fourth-order valence-corrected chi connectivity index (χ4v) is 4.14. The maximum atomic E-state index is 13.3. The first-order chi connectivity index (χ1) is 13.6. The zero-order valence-electron chi connectivity index (χ0n) is 16.4. The van der Waals surface area contributed by atoms with Gasteiger partial charge in [0.25, 0.3) is 0 Å². The van der Waals surface area contributed by atoms with Gasteiger partial charge in [0.15, 0.2) is 5.78 Å². The van der Waals surface area contributed by atoms with E-state index in [-0.39, 0.29) is 5.78 Å². The number of carbonyl (C=O) groups excluding carboxylic acids is 1. The molecular formula is C23H24N4O. The number of nitriles is 1. The predicted molar refractivity (Wildman–Crippen MR) is 110 cm³/mol. The molecule has 0 saturated carbocycles. The lowest BCUT2D eigenvalue weighted by atomic mass is 9.98. The highest BCUT2D eigenvalue weighted by atomic mass is 16.1. The SMILES string of the molecule is Cc1c(C(=O)CN2CCC(C)CC2)c2ccccc2n1-c1ccc(C#N)nc1. The number of Topliss-reactive ketones (excluding diaryl/α,β-unsaturated/α-hetero) is 1. The molecule has 5 heteroatoms. The zero-order valence-corrected chi connectivity index (χ0v) is 16.4. The second-order valence-corrected chi connectivity index (χ2v) is 7.71. The van der Waals surface area contributed by atoms with Crippen LogP contribution in [0.5, 0.6) is 0 Å². The van der Waals surface area contributed by atoms with Gasteiger partial charge in [0, 0.05) is 16.6 Å². The summed E-state index contributed by atoms with van der Waals surface area (Å²) in [5.41, 5.74) is 3.94. The van der Waals surface area contributed by atoms with Crippen LogP contribution >= 0.6 is 0 Å². The third-order valence-corrected chi connectivity index (χ3v) is 5.75. The number of nitrogens with zero attached hydrogens (tertiary/aromatic N) is 4. The molecule has 1 fully saturated rings. The summed E-state index contributed by atoms with van der Waals surface area (Å²) in [6.45, 7) is 6.72. The lowest BCUT2D eigenvalue weighted by molar-refractivity contribution is 0.0900. The molecule has 0 radical (unpaired) electrons. The molecule has 1 aliphatic heterocycles. The summed E-state index contributed by atoms with van der Waals surface area (Å²) in [6, 6.07) is 13.6. The van der Waals surface area contributed by atoms with Crippen molar-refractivity contribution < 1.29 is 4.79 Å². The van der Waals surface area contributed by atoms with Crippen molar-refractivity contribution in [1.29, 1.82) is 5.26 Å². The van der Waals surface area contributed by atoms with Crippen molar-refractivity contribution in [3.63, 3.8) is 0 Å². The number of para-hydroxylation sites is 1. The topological polar surface area (TPSA) is 61.9 Å². The van der Waals surface area contributed by atoms with Gasteiger partial charge in [0.2, 0.25) is 0 Å². The number of piperidine rings is 1. The largest absolute Gasteiger partial charge is 0.312 e. The molecule has 142 valence electrons. The molecule has 0 amide bonds. The fraction of sp³-hybridized carbons (Fsp3) is 0.348. The Balaban J connectivity index is 1.74. The van der Waals surface area contributed by atoms with Crippen LogP contribution in [0.2, 0.25) is 0 Å². The number of pyridine rings is 1. The van der Waals surface area contributed by atoms with E-state index in [0.29, 0.717) is 12.2 Å². The number of likely N-dealkylation sites (tertiary alicyclic amines) is 1. The molecule has 28 heavy (non-hydrogen) atoms. The van der Waals surface area contributed by atoms with Crippen LogP contribution in [0.4, 0.5) is 0 Å². The maximum absolute atomic E-state index is 13.3. The van der Waals surface area contributed by atoms with Crippen molar-refractivity contribution in [2.45, 2.75) is 26.7 Å². The summed E-state index contributed by atoms with van der Waals surface area (Å²) in [5.74, 6) is 0.919. The number of aromatic nitrogens is 2. The van der Waals surface area contributed by atoms with Crippen LogP contribution in [0.3, 0.4) is 0 Å². The van der Waals surface area contributed by atoms with E-state index in [4.69, 9.17) is 5.26 Å². The van der Waals surface area contributed by atoms with E-state index in [1.807, 2.05) is 43.3 Å². The van der Waals surface area contributed by atoms with Crippen molar-refractivity contribution in [2.75, 3.05) is 19.6 Å². The molecule has 0 atom stereocenters. The molecule has 0 spiro atoms. The minimum Gasteiger partial charge on any atom is -0.312 e. The number of hydrogen-bond donors (Lipinski definition) is 0. The first kappa shape index (κ1) is 18.4. The Kier molecular flexibility index (Phi) is 4.97. The third kappa shape index (κ3) is 3.32.